The molecule has 1 aliphatic heterocycles. The zero-order valence-electron chi connectivity index (χ0n) is 9.95. The third-order valence-electron chi connectivity index (χ3n) is 3.97. The fourth-order valence-electron chi connectivity index (χ4n) is 3.32. The molecule has 0 spiro atoms. The average molecular weight is 211 g/mol. The van der Waals surface area contributed by atoms with Crippen molar-refractivity contribution in [3.05, 3.63) is 0 Å². The van der Waals surface area contributed by atoms with Gasteiger partial charge >= 0.3 is 5.97 Å². The van der Waals surface area contributed by atoms with Gasteiger partial charge in [-0.25, -0.2) is 0 Å². The van der Waals surface area contributed by atoms with Crippen molar-refractivity contribution in [1.82, 2.24) is 4.90 Å². The highest BCUT2D eigenvalue weighted by Crippen LogP contribution is 2.49. The molecule has 2 rings (SSSR count). The van der Waals surface area contributed by atoms with E-state index < -0.39 is 0 Å². The number of rotatable bonds is 2. The van der Waals surface area contributed by atoms with Crippen molar-refractivity contribution in [2.24, 2.45) is 11.3 Å². The molecule has 1 saturated carbocycles. The fraction of sp³-hybridized carbons (Fsp3) is 0.917. The van der Waals surface area contributed by atoms with Gasteiger partial charge in [-0.1, -0.05) is 13.8 Å². The lowest BCUT2D eigenvalue weighted by Gasteiger charge is -2.54. The molecule has 3 nitrogen and oxygen atoms in total. The Hall–Kier alpha value is -0.570. The van der Waals surface area contributed by atoms with Crippen molar-refractivity contribution in [2.45, 2.75) is 39.2 Å². The van der Waals surface area contributed by atoms with Crippen LogP contribution in [0.4, 0.5) is 0 Å². The molecule has 1 aliphatic carbocycles. The van der Waals surface area contributed by atoms with Crippen LogP contribution < -0.4 is 0 Å². The van der Waals surface area contributed by atoms with Crippen molar-refractivity contribution in [3.8, 4) is 0 Å². The summed E-state index contributed by atoms with van der Waals surface area (Å²) in [6.07, 6.45) is 3.53. The Morgan fingerprint density at radius 2 is 1.93 bits per heavy atom. The molecule has 2 unspecified atom stereocenters. The number of methoxy groups -OCH3 is 1. The molecule has 2 fully saturated rings. The van der Waals surface area contributed by atoms with Crippen LogP contribution >= 0.6 is 0 Å². The molecule has 0 aromatic heterocycles. The molecular weight excluding hydrogens is 190 g/mol. The molecule has 0 aromatic rings. The Kier molecular flexibility index (Phi) is 2.75. The number of carbonyl (C=O) groups is 1. The predicted molar refractivity (Wildman–Crippen MR) is 58.5 cm³/mol. The zero-order chi connectivity index (χ0) is 11.1. The maximum absolute atomic E-state index is 11.6. The molecule has 0 amide bonds. The van der Waals surface area contributed by atoms with E-state index in [0.717, 1.165) is 19.5 Å². The van der Waals surface area contributed by atoms with Crippen LogP contribution in [0.2, 0.25) is 0 Å². The minimum absolute atomic E-state index is 0.0220. The summed E-state index contributed by atoms with van der Waals surface area (Å²) in [5, 5.41) is 0. The Balaban J connectivity index is 2.06. The van der Waals surface area contributed by atoms with Crippen LogP contribution in [0.3, 0.4) is 0 Å². The summed E-state index contributed by atoms with van der Waals surface area (Å²) in [5.41, 5.74) is 0.281. The second-order valence-electron chi connectivity index (χ2n) is 5.51. The van der Waals surface area contributed by atoms with Crippen LogP contribution in [0, 0.1) is 11.3 Å². The molecule has 0 aromatic carbocycles. The van der Waals surface area contributed by atoms with Crippen molar-refractivity contribution >= 4 is 5.97 Å². The monoisotopic (exact) mass is 211 g/mol. The van der Waals surface area contributed by atoms with Crippen molar-refractivity contribution < 1.29 is 9.53 Å². The molecule has 2 atom stereocenters. The van der Waals surface area contributed by atoms with Crippen LogP contribution in [0.5, 0.6) is 0 Å². The van der Waals surface area contributed by atoms with Gasteiger partial charge in [0.2, 0.25) is 0 Å². The van der Waals surface area contributed by atoms with Gasteiger partial charge in [-0.05, 0) is 37.8 Å². The predicted octanol–water partition coefficient (Wildman–Crippen LogP) is 1.67. The number of nitrogens with zero attached hydrogens (tertiary/aromatic N) is 1. The molecule has 0 radical (unpaired) electrons. The molecule has 0 N–H and O–H groups in total. The second-order valence-corrected chi connectivity index (χ2v) is 5.51. The van der Waals surface area contributed by atoms with E-state index in [4.69, 9.17) is 4.74 Å². The van der Waals surface area contributed by atoms with Gasteiger partial charge in [0.05, 0.1) is 13.0 Å². The Morgan fingerprint density at radius 3 is 2.40 bits per heavy atom. The maximum Gasteiger partial charge on any atom is 0.310 e. The van der Waals surface area contributed by atoms with Crippen LogP contribution in [-0.4, -0.2) is 37.1 Å². The topological polar surface area (TPSA) is 29.5 Å². The van der Waals surface area contributed by atoms with Crippen LogP contribution in [-0.2, 0) is 9.53 Å². The molecule has 1 heterocycles. The molecule has 15 heavy (non-hydrogen) atoms. The molecular formula is C12H21NO2. The molecule has 2 aliphatic rings. The number of carbonyl (C=O) groups excluding carboxylic acids is 1. The van der Waals surface area contributed by atoms with Gasteiger partial charge < -0.3 is 4.74 Å². The summed E-state index contributed by atoms with van der Waals surface area (Å²) >= 11 is 0. The van der Waals surface area contributed by atoms with Gasteiger partial charge in [0.1, 0.15) is 0 Å². The molecule has 86 valence electrons. The van der Waals surface area contributed by atoms with E-state index in [1.807, 2.05) is 0 Å². The fourth-order valence-corrected chi connectivity index (χ4v) is 3.32. The first-order valence-electron chi connectivity index (χ1n) is 5.88. The number of likely N-dealkylation sites (tertiary alicyclic amines) is 1. The van der Waals surface area contributed by atoms with Gasteiger partial charge in [0, 0.05) is 6.04 Å². The van der Waals surface area contributed by atoms with E-state index in [9.17, 15) is 4.79 Å². The lowest BCUT2D eigenvalue weighted by atomic mass is 9.59. The first-order chi connectivity index (χ1) is 7.06. The first-order valence-corrected chi connectivity index (χ1v) is 5.88. The largest absolute Gasteiger partial charge is 0.469 e. The van der Waals surface area contributed by atoms with E-state index in [1.54, 1.807) is 0 Å². The summed E-state index contributed by atoms with van der Waals surface area (Å²) in [4.78, 5) is 14.1. The SMILES string of the molecule is COC(=O)C1CC(C)(C)C1N1CCCC1. The lowest BCUT2D eigenvalue weighted by molar-refractivity contribution is -0.162. The second kappa shape index (κ2) is 3.78. The van der Waals surface area contributed by atoms with Crippen molar-refractivity contribution in [1.29, 1.82) is 0 Å². The smallest absolute Gasteiger partial charge is 0.310 e. The van der Waals surface area contributed by atoms with Crippen LogP contribution in [0.15, 0.2) is 0 Å². The normalized spacial score (nSPS) is 34.9. The van der Waals surface area contributed by atoms with Gasteiger partial charge in [-0.15, -0.1) is 0 Å². The number of ether oxygens (including phenoxy) is 1. The molecule has 1 saturated heterocycles. The summed E-state index contributed by atoms with van der Waals surface area (Å²) in [6.45, 7) is 6.83. The number of hydrogen-bond acceptors (Lipinski definition) is 3. The summed E-state index contributed by atoms with van der Waals surface area (Å²) in [6, 6.07) is 0.410. The van der Waals surface area contributed by atoms with E-state index in [2.05, 4.69) is 18.7 Å². The lowest BCUT2D eigenvalue weighted by Crippen LogP contribution is -2.60. The minimum Gasteiger partial charge on any atom is -0.469 e. The maximum atomic E-state index is 11.6. The van der Waals surface area contributed by atoms with Gasteiger partial charge in [-0.2, -0.15) is 0 Å². The minimum atomic E-state index is -0.0220. The number of hydrogen-bond donors (Lipinski definition) is 0. The third kappa shape index (κ3) is 1.78. The quantitative estimate of drug-likeness (QED) is 0.651. The Morgan fingerprint density at radius 1 is 1.33 bits per heavy atom. The van der Waals surface area contributed by atoms with Gasteiger partial charge in [-0.3, -0.25) is 9.69 Å². The highest BCUT2D eigenvalue weighted by Gasteiger charge is 2.54. The first kappa shape index (κ1) is 10.9. The zero-order valence-corrected chi connectivity index (χ0v) is 9.95. The Bertz CT molecular complexity index is 256. The standard InChI is InChI=1S/C12H21NO2/c1-12(2)8-9(11(14)15-3)10(12)13-6-4-5-7-13/h9-10H,4-8H2,1-3H3. The van der Waals surface area contributed by atoms with E-state index >= 15 is 0 Å². The summed E-state index contributed by atoms with van der Waals surface area (Å²) < 4.78 is 4.87. The highest BCUT2D eigenvalue weighted by atomic mass is 16.5. The van der Waals surface area contributed by atoms with E-state index in [-0.39, 0.29) is 17.3 Å². The van der Waals surface area contributed by atoms with Crippen LogP contribution in [0.25, 0.3) is 0 Å². The Labute approximate surface area is 91.8 Å². The third-order valence-corrected chi connectivity index (χ3v) is 3.97. The van der Waals surface area contributed by atoms with E-state index in [1.165, 1.54) is 20.0 Å². The van der Waals surface area contributed by atoms with E-state index in [0.29, 0.717) is 6.04 Å². The highest BCUT2D eigenvalue weighted by molar-refractivity contribution is 5.74. The molecule has 3 heteroatoms. The molecule has 0 bridgehead atoms. The van der Waals surface area contributed by atoms with Crippen LogP contribution in [0.1, 0.15) is 33.1 Å². The average Bonchev–Trinajstić information content (AvgIpc) is 2.66. The summed E-state index contributed by atoms with van der Waals surface area (Å²) in [7, 11) is 1.49. The number of esters is 1. The van der Waals surface area contributed by atoms with Gasteiger partial charge in [0.25, 0.3) is 0 Å². The van der Waals surface area contributed by atoms with Crippen molar-refractivity contribution in [2.75, 3.05) is 20.2 Å². The van der Waals surface area contributed by atoms with Gasteiger partial charge in [0.15, 0.2) is 0 Å². The summed E-state index contributed by atoms with van der Waals surface area (Å²) in [5.74, 6) is 0.0920. The van der Waals surface area contributed by atoms with Crippen molar-refractivity contribution in [3.63, 3.8) is 0 Å².